The Morgan fingerprint density at radius 1 is 1.00 bits per heavy atom. The van der Waals surface area contributed by atoms with Crippen molar-refractivity contribution in [1.29, 1.82) is 0 Å². The smallest absolute Gasteiger partial charge is 0.245 e. The quantitative estimate of drug-likeness (QED) is 0.468. The predicted octanol–water partition coefficient (Wildman–Crippen LogP) is 3.51. The molecule has 1 N–H and O–H groups in total. The first-order chi connectivity index (χ1) is 16.5. The van der Waals surface area contributed by atoms with Gasteiger partial charge in [0.1, 0.15) is 12.1 Å². The van der Waals surface area contributed by atoms with E-state index in [1.165, 1.54) is 12.1 Å². The van der Waals surface area contributed by atoms with Gasteiger partial charge in [-0.1, -0.05) is 0 Å². The summed E-state index contributed by atoms with van der Waals surface area (Å²) in [5.41, 5.74) is 3.80. The Labute approximate surface area is 196 Å². The molecule has 2 aromatic heterocycles. The van der Waals surface area contributed by atoms with Crippen molar-refractivity contribution in [1.82, 2.24) is 24.7 Å². The van der Waals surface area contributed by atoms with E-state index in [0.717, 1.165) is 30.2 Å². The second-order valence-corrected chi connectivity index (χ2v) is 8.12. The third-order valence-corrected chi connectivity index (χ3v) is 5.51. The Kier molecular flexibility index (Phi) is 6.05. The number of ether oxygens (including phenoxy) is 1. The van der Waals surface area contributed by atoms with Crippen LogP contribution >= 0.6 is 0 Å². The third kappa shape index (κ3) is 4.81. The van der Waals surface area contributed by atoms with Crippen molar-refractivity contribution in [2.75, 3.05) is 55.5 Å². The van der Waals surface area contributed by atoms with Crippen LogP contribution in [0.3, 0.4) is 0 Å². The summed E-state index contributed by atoms with van der Waals surface area (Å²) < 4.78 is 21.2. The molecular weight excluding hydrogens is 435 g/mol. The highest BCUT2D eigenvalue weighted by molar-refractivity contribution is 5.67. The fourth-order valence-electron chi connectivity index (χ4n) is 3.67. The minimum Gasteiger partial charge on any atom is -0.378 e. The van der Waals surface area contributed by atoms with Gasteiger partial charge in [-0.25, -0.2) is 19.0 Å². The lowest BCUT2D eigenvalue weighted by molar-refractivity contribution is 0.122. The van der Waals surface area contributed by atoms with E-state index in [4.69, 9.17) is 4.74 Å². The van der Waals surface area contributed by atoms with Crippen LogP contribution in [0.1, 0.15) is 0 Å². The van der Waals surface area contributed by atoms with Gasteiger partial charge in [-0.15, -0.1) is 5.10 Å². The fraction of sp³-hybridized carbons (Fsp3) is 0.250. The summed E-state index contributed by atoms with van der Waals surface area (Å²) in [7, 11) is 3.75. The van der Waals surface area contributed by atoms with Crippen molar-refractivity contribution >= 4 is 23.3 Å². The number of halogens is 1. The Morgan fingerprint density at radius 2 is 1.79 bits per heavy atom. The molecule has 174 valence electrons. The van der Waals surface area contributed by atoms with E-state index >= 15 is 0 Å². The Morgan fingerprint density at radius 3 is 2.56 bits per heavy atom. The van der Waals surface area contributed by atoms with Gasteiger partial charge in [-0.05, 0) is 48.5 Å². The molecular formula is C24H25FN8O. The van der Waals surface area contributed by atoms with E-state index in [0.29, 0.717) is 36.4 Å². The zero-order chi connectivity index (χ0) is 23.5. The van der Waals surface area contributed by atoms with Gasteiger partial charge in [0, 0.05) is 50.3 Å². The summed E-state index contributed by atoms with van der Waals surface area (Å²) in [5.74, 6) is 0.816. The average Bonchev–Trinajstić information content (AvgIpc) is 3.35. The normalized spacial score (nSPS) is 13.7. The number of rotatable bonds is 6. The van der Waals surface area contributed by atoms with E-state index < -0.39 is 0 Å². The molecule has 10 heteroatoms. The lowest BCUT2D eigenvalue weighted by Crippen LogP contribution is -2.37. The van der Waals surface area contributed by atoms with Crippen LogP contribution in [-0.4, -0.2) is 65.1 Å². The fourth-order valence-corrected chi connectivity index (χ4v) is 3.67. The molecule has 0 saturated carbocycles. The highest BCUT2D eigenvalue weighted by atomic mass is 19.1. The summed E-state index contributed by atoms with van der Waals surface area (Å²) in [6.45, 7) is 2.96. The molecule has 5 rings (SSSR count). The number of hydrogen-bond acceptors (Lipinski definition) is 8. The molecule has 0 radical (unpaired) electrons. The largest absolute Gasteiger partial charge is 0.378 e. The molecule has 1 saturated heterocycles. The molecule has 0 bridgehead atoms. The number of morpholine rings is 1. The van der Waals surface area contributed by atoms with Crippen molar-refractivity contribution in [2.24, 2.45) is 0 Å². The highest BCUT2D eigenvalue weighted by Gasteiger charge is 2.15. The van der Waals surface area contributed by atoms with Gasteiger partial charge in [0.15, 0.2) is 0 Å². The van der Waals surface area contributed by atoms with Crippen LogP contribution in [-0.2, 0) is 4.74 Å². The van der Waals surface area contributed by atoms with Crippen LogP contribution in [0.5, 0.6) is 0 Å². The Bertz CT molecular complexity index is 1270. The molecule has 4 aromatic rings. The van der Waals surface area contributed by atoms with Crippen LogP contribution in [0.4, 0.5) is 27.7 Å². The van der Waals surface area contributed by atoms with Crippen molar-refractivity contribution in [3.63, 3.8) is 0 Å². The van der Waals surface area contributed by atoms with Gasteiger partial charge < -0.3 is 19.9 Å². The molecule has 1 fully saturated rings. The van der Waals surface area contributed by atoms with Crippen LogP contribution < -0.4 is 15.1 Å². The standard InChI is InChI=1S/C24H25FN8O/c1-31(2)21-14-17(13-18(25)15-21)22-7-8-26-23(29-22)28-19-3-5-20(6-4-19)33-16-27-24(30-33)32-9-11-34-12-10-32/h3-8,13-16H,9-12H2,1-2H3,(H,26,28,29). The van der Waals surface area contributed by atoms with Crippen LogP contribution in [0.15, 0.2) is 61.1 Å². The minimum atomic E-state index is -0.310. The summed E-state index contributed by atoms with van der Waals surface area (Å²) in [6.07, 6.45) is 3.36. The van der Waals surface area contributed by atoms with Crippen LogP contribution in [0.25, 0.3) is 16.9 Å². The van der Waals surface area contributed by atoms with Gasteiger partial charge in [-0.3, -0.25) is 0 Å². The summed E-state index contributed by atoms with van der Waals surface area (Å²) >= 11 is 0. The van der Waals surface area contributed by atoms with Crippen molar-refractivity contribution in [3.05, 3.63) is 66.9 Å². The molecule has 0 amide bonds. The zero-order valence-corrected chi connectivity index (χ0v) is 19.0. The summed E-state index contributed by atoms with van der Waals surface area (Å²) in [5, 5.41) is 7.79. The first kappa shape index (κ1) is 21.8. The second kappa shape index (κ2) is 9.44. The zero-order valence-electron chi connectivity index (χ0n) is 19.0. The molecule has 0 atom stereocenters. The van der Waals surface area contributed by atoms with Crippen molar-refractivity contribution in [3.8, 4) is 16.9 Å². The highest BCUT2D eigenvalue weighted by Crippen LogP contribution is 2.25. The molecule has 1 aliphatic heterocycles. The number of nitrogens with one attached hydrogen (secondary N) is 1. The second-order valence-electron chi connectivity index (χ2n) is 8.12. The van der Waals surface area contributed by atoms with Gasteiger partial charge in [-0.2, -0.15) is 4.98 Å². The van der Waals surface area contributed by atoms with Crippen LogP contribution in [0, 0.1) is 5.82 Å². The first-order valence-corrected chi connectivity index (χ1v) is 11.0. The van der Waals surface area contributed by atoms with E-state index in [9.17, 15) is 4.39 Å². The molecule has 0 unspecified atom stereocenters. The van der Waals surface area contributed by atoms with E-state index in [-0.39, 0.29) is 5.82 Å². The SMILES string of the molecule is CN(C)c1cc(F)cc(-c2ccnc(Nc3ccc(-n4cnc(N5CCOCC5)n4)cc3)n2)c1. The monoisotopic (exact) mass is 460 g/mol. The van der Waals surface area contributed by atoms with E-state index in [1.54, 1.807) is 23.3 Å². The topological polar surface area (TPSA) is 84.2 Å². The third-order valence-electron chi connectivity index (χ3n) is 5.51. The lowest BCUT2D eigenvalue weighted by Gasteiger charge is -2.25. The maximum Gasteiger partial charge on any atom is 0.245 e. The Hall–Kier alpha value is -4.05. The Balaban J connectivity index is 1.31. The molecule has 2 aromatic carbocycles. The number of aromatic nitrogens is 5. The minimum absolute atomic E-state index is 0.310. The van der Waals surface area contributed by atoms with Gasteiger partial charge in [0.2, 0.25) is 11.9 Å². The molecule has 0 spiro atoms. The number of benzene rings is 2. The molecule has 3 heterocycles. The first-order valence-electron chi connectivity index (χ1n) is 11.0. The number of nitrogens with zero attached hydrogens (tertiary/aromatic N) is 7. The van der Waals surface area contributed by atoms with E-state index in [1.807, 2.05) is 49.3 Å². The predicted molar refractivity (Wildman–Crippen MR) is 129 cm³/mol. The van der Waals surface area contributed by atoms with Gasteiger partial charge >= 0.3 is 0 Å². The maximum atomic E-state index is 14.1. The summed E-state index contributed by atoms with van der Waals surface area (Å²) in [4.78, 5) is 17.3. The number of hydrogen-bond donors (Lipinski definition) is 1. The number of anilines is 4. The molecule has 0 aliphatic carbocycles. The van der Waals surface area contributed by atoms with Gasteiger partial charge in [0.25, 0.3) is 0 Å². The molecule has 1 aliphatic rings. The maximum absolute atomic E-state index is 14.1. The summed E-state index contributed by atoms with van der Waals surface area (Å²) in [6, 6.07) is 14.4. The van der Waals surface area contributed by atoms with Crippen molar-refractivity contribution in [2.45, 2.75) is 0 Å². The van der Waals surface area contributed by atoms with Gasteiger partial charge in [0.05, 0.1) is 24.6 Å². The lowest BCUT2D eigenvalue weighted by atomic mass is 10.1. The average molecular weight is 461 g/mol. The van der Waals surface area contributed by atoms with Crippen molar-refractivity contribution < 1.29 is 9.13 Å². The molecule has 9 nitrogen and oxygen atoms in total. The van der Waals surface area contributed by atoms with E-state index in [2.05, 4.69) is 30.3 Å². The molecule has 34 heavy (non-hydrogen) atoms. The van der Waals surface area contributed by atoms with Crippen LogP contribution in [0.2, 0.25) is 0 Å².